The minimum Gasteiger partial charge on any atom is -0.481 e. The van der Waals surface area contributed by atoms with Crippen LogP contribution in [0, 0.1) is 34.5 Å². The Morgan fingerprint density at radius 3 is 2.32 bits per heavy atom. The Morgan fingerprint density at radius 2 is 1.79 bits per heavy atom. The maximum atomic E-state index is 13.8. The molecule has 4 aliphatic rings. The summed E-state index contributed by atoms with van der Waals surface area (Å²) in [5.74, 6) is -8.79. The van der Waals surface area contributed by atoms with E-state index in [4.69, 9.17) is 28.1 Å². The molecule has 4 N–H and O–H groups in total. The van der Waals surface area contributed by atoms with Gasteiger partial charge in [0.2, 0.25) is 0 Å². The first-order chi connectivity index (χ1) is 24.7. The average molecular weight is 749 g/mol. The Kier molecular flexibility index (Phi) is 10.8. The summed E-state index contributed by atoms with van der Waals surface area (Å²) in [6.07, 6.45) is -6.54. The highest BCUT2D eigenvalue weighted by molar-refractivity contribution is 5.76. The lowest BCUT2D eigenvalue weighted by atomic mass is 9.49. The van der Waals surface area contributed by atoms with Gasteiger partial charge in [-0.3, -0.25) is 19.2 Å². The van der Waals surface area contributed by atoms with E-state index in [0.717, 1.165) is 6.92 Å². The summed E-state index contributed by atoms with van der Waals surface area (Å²) in [4.78, 5) is 65.3. The minimum absolute atomic E-state index is 0.175. The Bertz CT molecular complexity index is 1600. The number of cyclic esters (lactones) is 1. The van der Waals surface area contributed by atoms with Crippen molar-refractivity contribution < 1.29 is 72.5 Å². The lowest BCUT2D eigenvalue weighted by Gasteiger charge is -2.55. The number of aliphatic carboxylic acids is 1. The number of aliphatic hydroxyl groups excluding tert-OH is 3. The van der Waals surface area contributed by atoms with Gasteiger partial charge >= 0.3 is 29.8 Å². The summed E-state index contributed by atoms with van der Waals surface area (Å²) >= 11 is 0. The first-order valence-electron chi connectivity index (χ1n) is 18.0. The molecule has 3 saturated heterocycles. The van der Waals surface area contributed by atoms with E-state index in [-0.39, 0.29) is 12.0 Å². The van der Waals surface area contributed by atoms with Crippen molar-refractivity contribution in [2.45, 2.75) is 128 Å². The first-order valence-corrected chi connectivity index (χ1v) is 18.0. The lowest BCUT2D eigenvalue weighted by molar-refractivity contribution is -0.189. The summed E-state index contributed by atoms with van der Waals surface area (Å²) in [5.41, 5.74) is -6.03. The fraction of sp³-hybridized carbons (Fsp3) is 0.711. The summed E-state index contributed by atoms with van der Waals surface area (Å²) in [7, 11) is 0. The number of carbonyl (C=O) groups is 5. The molecule has 0 radical (unpaired) electrons. The van der Waals surface area contributed by atoms with Crippen molar-refractivity contribution >= 4 is 29.8 Å². The molecule has 0 unspecified atom stereocenters. The Hall–Kier alpha value is -3.79. The summed E-state index contributed by atoms with van der Waals surface area (Å²) < 4.78 is 36.1. The van der Waals surface area contributed by atoms with Crippen LogP contribution in [0.1, 0.15) is 86.1 Å². The molecule has 1 aliphatic carbocycles. The van der Waals surface area contributed by atoms with Crippen LogP contribution in [0.3, 0.4) is 0 Å². The number of ether oxygens (including phenoxy) is 5. The van der Waals surface area contributed by atoms with Crippen LogP contribution in [-0.2, 0) is 47.7 Å². The van der Waals surface area contributed by atoms with E-state index in [1.54, 1.807) is 47.6 Å². The van der Waals surface area contributed by atoms with Gasteiger partial charge in [0.1, 0.15) is 41.7 Å². The van der Waals surface area contributed by atoms with Crippen LogP contribution in [0.5, 0.6) is 0 Å². The van der Waals surface area contributed by atoms with E-state index in [2.05, 4.69) is 6.58 Å². The number of carboxylic acids is 1. The quantitative estimate of drug-likeness (QED) is 0.122. The van der Waals surface area contributed by atoms with Gasteiger partial charge in [0.25, 0.3) is 0 Å². The van der Waals surface area contributed by atoms with Crippen molar-refractivity contribution in [3.63, 3.8) is 0 Å². The van der Waals surface area contributed by atoms with Crippen LogP contribution in [0.15, 0.2) is 35.2 Å². The first kappa shape index (κ1) is 40.4. The van der Waals surface area contributed by atoms with Crippen LogP contribution >= 0.6 is 0 Å². The second kappa shape index (κ2) is 14.1. The third-order valence-electron chi connectivity index (χ3n) is 12.7. The molecule has 294 valence electrons. The van der Waals surface area contributed by atoms with E-state index >= 15 is 0 Å². The molecule has 0 amide bonds. The molecular formula is C38H52O15. The topological polar surface area (TPSA) is 226 Å². The SMILES string of the molecule is C=C1[C@@H]([C@@](C)([C@H](CC(=O)O)OC(C)=O)[C@H]2CC(=O)O[C@]2(C)CO)[C@H]2O[C@@]13[C@H](O)[C@H](OC(=O)[C@H](C)CC)[C@@H](c1ccoc1)[C@]3(C)[C@H]2OC(=O)[C@H](O)C(C)C. The molecule has 15 heteroatoms. The summed E-state index contributed by atoms with van der Waals surface area (Å²) in [5, 5.41) is 44.3. The Labute approximate surface area is 307 Å². The smallest absolute Gasteiger partial charge is 0.335 e. The summed E-state index contributed by atoms with van der Waals surface area (Å²) in [6.45, 7) is 16.4. The predicted octanol–water partition coefficient (Wildman–Crippen LogP) is 2.68. The number of esters is 4. The standard InChI is InChI=1S/C38H52O15/c1-10-18(4)33(46)50-29-27(21-11-12-48-15-21)37(9)32(51-34(47)28(44)17(2)3)30-26(19(5)38(37,53-30)31(29)45)36(8,23(14-24(41)42)49-20(6)40)22-13-25(43)52-35(22,7)16-39/h11-12,15,17-18,22-23,26-32,39,44-45H,5,10,13-14,16H2,1-4,6-9H3,(H,41,42)/t18-,22+,23+,26-,27-,28-,29-,30-,31-,32+,35-,36-,37-,38-/m1/s1. The fourth-order valence-electron chi connectivity index (χ4n) is 9.88. The minimum atomic E-state index is -1.89. The second-order valence-corrected chi connectivity index (χ2v) is 16.1. The van der Waals surface area contributed by atoms with Crippen LogP contribution < -0.4 is 0 Å². The molecule has 1 aromatic rings. The van der Waals surface area contributed by atoms with Crippen molar-refractivity contribution in [1.29, 1.82) is 0 Å². The second-order valence-electron chi connectivity index (χ2n) is 16.1. The molecule has 1 spiro atoms. The normalized spacial score (nSPS) is 37.4. The van der Waals surface area contributed by atoms with Crippen molar-refractivity contribution in [2.75, 3.05) is 6.61 Å². The van der Waals surface area contributed by atoms with Gasteiger partial charge in [-0.25, -0.2) is 4.79 Å². The van der Waals surface area contributed by atoms with E-state index in [0.29, 0.717) is 12.0 Å². The van der Waals surface area contributed by atoms with E-state index < -0.39 is 131 Å². The average Bonchev–Trinajstić information content (AvgIpc) is 3.87. The molecule has 4 heterocycles. The van der Waals surface area contributed by atoms with Crippen LogP contribution in [0.25, 0.3) is 0 Å². The molecule has 1 aromatic heterocycles. The lowest BCUT2D eigenvalue weighted by Crippen LogP contribution is -2.63. The monoisotopic (exact) mass is 748 g/mol. The number of furan rings is 1. The maximum Gasteiger partial charge on any atom is 0.335 e. The number of hydrogen-bond donors (Lipinski definition) is 4. The zero-order chi connectivity index (χ0) is 39.6. The molecule has 14 atom stereocenters. The zero-order valence-corrected chi connectivity index (χ0v) is 31.4. The van der Waals surface area contributed by atoms with Gasteiger partial charge in [0.15, 0.2) is 6.10 Å². The van der Waals surface area contributed by atoms with Crippen LogP contribution in [-0.4, -0.2) is 105 Å². The Morgan fingerprint density at radius 1 is 1.13 bits per heavy atom. The number of carboxylic acid groups (broad SMARTS) is 1. The molecule has 4 fully saturated rings. The fourth-order valence-corrected chi connectivity index (χ4v) is 9.88. The highest BCUT2D eigenvalue weighted by atomic mass is 16.6. The molecular weight excluding hydrogens is 696 g/mol. The van der Waals surface area contributed by atoms with Gasteiger partial charge in [0, 0.05) is 30.1 Å². The van der Waals surface area contributed by atoms with Gasteiger partial charge in [0.05, 0.1) is 43.3 Å². The molecule has 2 bridgehead atoms. The molecule has 15 nitrogen and oxygen atoms in total. The number of fused-ring (bicyclic) bond motifs is 1. The molecule has 5 rings (SSSR count). The predicted molar refractivity (Wildman–Crippen MR) is 181 cm³/mol. The van der Waals surface area contributed by atoms with Crippen molar-refractivity contribution in [3.8, 4) is 0 Å². The third kappa shape index (κ3) is 5.98. The maximum absolute atomic E-state index is 13.8. The molecule has 1 saturated carbocycles. The number of hydrogen-bond acceptors (Lipinski definition) is 14. The molecule has 3 aliphatic heterocycles. The van der Waals surface area contributed by atoms with Gasteiger partial charge in [-0.15, -0.1) is 0 Å². The van der Waals surface area contributed by atoms with Gasteiger partial charge in [-0.1, -0.05) is 48.1 Å². The number of aliphatic hydroxyl groups is 3. The van der Waals surface area contributed by atoms with Crippen molar-refractivity contribution in [2.24, 2.45) is 34.5 Å². The van der Waals surface area contributed by atoms with Gasteiger partial charge in [-0.05, 0) is 36.5 Å². The highest BCUT2D eigenvalue weighted by Gasteiger charge is 2.86. The van der Waals surface area contributed by atoms with E-state index in [1.165, 1.54) is 19.5 Å². The van der Waals surface area contributed by atoms with Gasteiger partial charge < -0.3 is 48.5 Å². The summed E-state index contributed by atoms with van der Waals surface area (Å²) in [6, 6.07) is 1.63. The van der Waals surface area contributed by atoms with Crippen LogP contribution in [0.4, 0.5) is 0 Å². The van der Waals surface area contributed by atoms with Crippen molar-refractivity contribution in [3.05, 3.63) is 36.3 Å². The number of rotatable bonds is 14. The highest BCUT2D eigenvalue weighted by Crippen LogP contribution is 2.75. The van der Waals surface area contributed by atoms with Crippen LogP contribution in [0.2, 0.25) is 0 Å². The third-order valence-corrected chi connectivity index (χ3v) is 12.7. The zero-order valence-electron chi connectivity index (χ0n) is 31.4. The van der Waals surface area contributed by atoms with E-state index in [9.17, 15) is 44.4 Å². The Balaban J connectivity index is 1.79. The van der Waals surface area contributed by atoms with E-state index in [1.807, 2.05) is 0 Å². The largest absolute Gasteiger partial charge is 0.481 e. The molecule has 0 aromatic carbocycles. The van der Waals surface area contributed by atoms with Gasteiger partial charge in [-0.2, -0.15) is 0 Å². The van der Waals surface area contributed by atoms with Crippen molar-refractivity contribution in [1.82, 2.24) is 0 Å². The molecule has 53 heavy (non-hydrogen) atoms. The number of carbonyl (C=O) groups excluding carboxylic acids is 4.